The molecular formula is C62H102FN3O20S. The number of carbonyl (C=O) groups excluding carboxylic acids is 4. The number of nitrogens with one attached hydrogen (secondary N) is 1. The van der Waals surface area contributed by atoms with Crippen molar-refractivity contribution in [1.29, 1.82) is 0 Å². The number of hydrogen-bond donors (Lipinski definition) is 3. The van der Waals surface area contributed by atoms with Gasteiger partial charge in [-0.1, -0.05) is 53.6 Å². The van der Waals surface area contributed by atoms with Crippen LogP contribution < -0.4 is 5.32 Å². The number of amides is 1. The van der Waals surface area contributed by atoms with Crippen LogP contribution >= 0.6 is 0 Å². The molecule has 1 aromatic rings. The van der Waals surface area contributed by atoms with Gasteiger partial charge in [0.1, 0.15) is 49.6 Å². The summed E-state index contributed by atoms with van der Waals surface area (Å²) in [6.07, 6.45) is -15.0. The number of rotatable bonds is 20. The van der Waals surface area contributed by atoms with E-state index in [2.05, 4.69) is 15.4 Å². The summed E-state index contributed by atoms with van der Waals surface area (Å²) < 4.78 is 111. The van der Waals surface area contributed by atoms with Gasteiger partial charge in [-0.05, 0) is 111 Å². The lowest BCUT2D eigenvalue weighted by Gasteiger charge is -2.45. The van der Waals surface area contributed by atoms with E-state index >= 15 is 9.59 Å². The molecule has 22 atom stereocenters. The Kier molecular flexibility index (Phi) is 27.0. The van der Waals surface area contributed by atoms with E-state index in [1.165, 1.54) is 28.3 Å². The smallest absolute Gasteiger partial charge is 0.408 e. The third-order valence-electron chi connectivity index (χ3n) is 17.5. The van der Waals surface area contributed by atoms with Gasteiger partial charge in [-0.15, -0.1) is 0 Å². The maximum atomic E-state index is 16.0. The Balaban J connectivity index is 1.70. The molecule has 25 heteroatoms. The summed E-state index contributed by atoms with van der Waals surface area (Å²) in [5, 5.41) is 29.7. The summed E-state index contributed by atoms with van der Waals surface area (Å²) in [5.74, 6) is -9.28. The number of ether oxygens (including phenoxy) is 11. The van der Waals surface area contributed by atoms with Crippen LogP contribution in [0, 0.1) is 47.2 Å². The fraction of sp³-hybridized carbons (Fsp3) is 0.823. The normalized spacial score (nSPS) is 37.3. The molecular weight excluding hydrogens is 1160 g/mol. The van der Waals surface area contributed by atoms with Gasteiger partial charge in [0.15, 0.2) is 40.1 Å². The number of aliphatic hydroxyl groups is 2. The van der Waals surface area contributed by atoms with Crippen molar-refractivity contribution in [3.63, 3.8) is 0 Å². The van der Waals surface area contributed by atoms with E-state index in [1.54, 1.807) is 69.2 Å². The van der Waals surface area contributed by atoms with Gasteiger partial charge in [0, 0.05) is 69.4 Å². The van der Waals surface area contributed by atoms with Gasteiger partial charge in [-0.25, -0.2) is 17.6 Å². The first-order chi connectivity index (χ1) is 40.6. The van der Waals surface area contributed by atoms with Crippen LogP contribution in [0.25, 0.3) is 0 Å². The summed E-state index contributed by atoms with van der Waals surface area (Å²) in [7, 11) is 2.24. The maximum absolute atomic E-state index is 16.0. The zero-order valence-electron chi connectivity index (χ0n) is 54.6. The standard InChI is InChI=1S/C62H102FN3O20S/c1-32(2)26-46(67)82-52-39(9)51(34(4)31-78-59-55(76-18)54(75-17)48(68)42(12)81-59)84-57(71)41(11)53(83-47-27-35(5)66(16)30-37(7)79-47)38(8)50(85-58-49(69)45(65-77-19)28-36(6)80-58)33(3)29-62(15,56(70)40(52)10)86-60(72)64-61(13,14)24-25-87(73,74)44-22-20-43(63)21-23-44/h20-23,32-42,47-55,58-59,68-69H,24-31H2,1-19H3,(H,64,72)/b65-45+/t33-,34-,35?,36+,37-,38+,39-,40+,41+,42+,47-,48+,49+,50-,51+,52+,53-,54+,55+,58-,59+,62-/m0/s1. The number of esters is 2. The highest BCUT2D eigenvalue weighted by Crippen LogP contribution is 2.41. The fourth-order valence-electron chi connectivity index (χ4n) is 12.5. The Hall–Kier alpha value is -3.99. The van der Waals surface area contributed by atoms with Gasteiger partial charge in [-0.2, -0.15) is 0 Å². The van der Waals surface area contributed by atoms with Crippen LogP contribution in [0.4, 0.5) is 9.18 Å². The van der Waals surface area contributed by atoms with Crippen molar-refractivity contribution in [2.24, 2.45) is 46.6 Å². The topological polar surface area (TPSA) is 281 Å². The molecule has 0 saturated carbocycles. The number of cyclic esters (lactones) is 1. The monoisotopic (exact) mass is 1260 g/mol. The van der Waals surface area contributed by atoms with Gasteiger partial charge in [0.05, 0.1) is 65.3 Å². The Bertz CT molecular complexity index is 2550. The molecule has 4 fully saturated rings. The summed E-state index contributed by atoms with van der Waals surface area (Å²) in [6.45, 7) is 26.4. The minimum Gasteiger partial charge on any atom is -0.461 e. The molecule has 498 valence electrons. The number of carbonyl (C=O) groups is 4. The van der Waals surface area contributed by atoms with Crippen LogP contribution in [0.2, 0.25) is 0 Å². The number of methoxy groups -OCH3 is 2. The van der Waals surface area contributed by atoms with Crippen LogP contribution in [0.5, 0.6) is 0 Å². The molecule has 4 aliphatic heterocycles. The lowest BCUT2D eigenvalue weighted by molar-refractivity contribution is -0.305. The highest BCUT2D eigenvalue weighted by molar-refractivity contribution is 7.91. The van der Waals surface area contributed by atoms with Crippen LogP contribution in [0.1, 0.15) is 136 Å². The lowest BCUT2D eigenvalue weighted by atomic mass is 9.74. The van der Waals surface area contributed by atoms with E-state index in [-0.39, 0.29) is 61.0 Å². The third kappa shape index (κ3) is 19.5. The Morgan fingerprint density at radius 3 is 2.10 bits per heavy atom. The van der Waals surface area contributed by atoms with E-state index in [1.807, 2.05) is 34.7 Å². The van der Waals surface area contributed by atoms with E-state index in [0.717, 1.165) is 24.3 Å². The number of nitrogens with zero attached hydrogens (tertiary/aromatic N) is 2. The van der Waals surface area contributed by atoms with Crippen LogP contribution in [-0.4, -0.2) is 204 Å². The fourth-order valence-corrected chi connectivity index (χ4v) is 14.0. The number of likely N-dealkylation sites (N-methyl/N-ethyl adjacent to an activating group) is 1. The van der Waals surface area contributed by atoms with Crippen molar-refractivity contribution >= 4 is 39.4 Å². The van der Waals surface area contributed by atoms with E-state index < -0.39 is 172 Å². The molecule has 1 amide bonds. The van der Waals surface area contributed by atoms with Crippen molar-refractivity contribution in [3.05, 3.63) is 30.1 Å². The molecule has 0 radical (unpaired) electrons. The van der Waals surface area contributed by atoms with E-state index in [4.69, 9.17) is 56.9 Å². The second-order valence-corrected chi connectivity index (χ2v) is 28.3. The molecule has 87 heavy (non-hydrogen) atoms. The Morgan fingerprint density at radius 2 is 1.49 bits per heavy atom. The zero-order chi connectivity index (χ0) is 65.2. The average molecular weight is 1260 g/mol. The van der Waals surface area contributed by atoms with Gasteiger partial charge in [-0.3, -0.25) is 14.4 Å². The number of benzene rings is 1. The predicted octanol–water partition coefficient (Wildman–Crippen LogP) is 6.79. The number of sulfone groups is 1. The molecule has 3 N–H and O–H groups in total. The molecule has 23 nitrogen and oxygen atoms in total. The molecule has 5 rings (SSSR count). The number of oxime groups is 1. The van der Waals surface area contributed by atoms with Crippen molar-refractivity contribution in [3.8, 4) is 0 Å². The number of aliphatic hydroxyl groups excluding tert-OH is 2. The number of halogens is 1. The van der Waals surface area contributed by atoms with Crippen LogP contribution in [-0.2, 0) is 81.2 Å². The quantitative estimate of drug-likeness (QED) is 0.0524. The van der Waals surface area contributed by atoms with Crippen molar-refractivity contribution in [1.82, 2.24) is 10.2 Å². The predicted molar refractivity (Wildman–Crippen MR) is 317 cm³/mol. The molecule has 4 aliphatic rings. The molecule has 1 unspecified atom stereocenters. The lowest BCUT2D eigenvalue weighted by Crippen LogP contribution is -2.59. The number of hydrogen-bond acceptors (Lipinski definition) is 22. The zero-order valence-corrected chi connectivity index (χ0v) is 55.4. The van der Waals surface area contributed by atoms with Gasteiger partial charge < -0.3 is 77.4 Å². The molecule has 1 aromatic carbocycles. The van der Waals surface area contributed by atoms with Crippen LogP contribution in [0.15, 0.2) is 34.3 Å². The number of Topliss-reactive ketones (excluding diaryl/α,β-unsaturated/α-hetero) is 1. The Labute approximate surface area is 514 Å². The summed E-state index contributed by atoms with van der Waals surface area (Å²) in [6, 6.07) is 4.38. The first kappa shape index (κ1) is 73.7. The molecule has 4 heterocycles. The van der Waals surface area contributed by atoms with Crippen molar-refractivity contribution in [2.75, 3.05) is 47.3 Å². The van der Waals surface area contributed by atoms with E-state index in [9.17, 15) is 32.6 Å². The first-order valence-electron chi connectivity index (χ1n) is 30.6. The second-order valence-electron chi connectivity index (χ2n) is 26.2. The number of ketones is 1. The van der Waals surface area contributed by atoms with Gasteiger partial charge in [0.25, 0.3) is 0 Å². The summed E-state index contributed by atoms with van der Waals surface area (Å²) in [5.41, 5.74) is -3.18. The van der Waals surface area contributed by atoms with E-state index in [0.29, 0.717) is 13.0 Å². The summed E-state index contributed by atoms with van der Waals surface area (Å²) >= 11 is 0. The van der Waals surface area contributed by atoms with Gasteiger partial charge in [0.2, 0.25) is 0 Å². The van der Waals surface area contributed by atoms with Crippen LogP contribution in [0.3, 0.4) is 0 Å². The molecule has 4 saturated heterocycles. The number of alkyl carbamates (subject to hydrolysis) is 1. The average Bonchev–Trinajstić information content (AvgIpc) is 1.53. The molecule has 0 aliphatic carbocycles. The summed E-state index contributed by atoms with van der Waals surface area (Å²) in [4.78, 5) is 67.5. The third-order valence-corrected chi connectivity index (χ3v) is 19.3. The van der Waals surface area contributed by atoms with Crippen molar-refractivity contribution < 1.29 is 99.1 Å². The Morgan fingerprint density at radius 1 is 0.851 bits per heavy atom. The highest BCUT2D eigenvalue weighted by atomic mass is 32.2. The molecule has 0 spiro atoms. The van der Waals surface area contributed by atoms with Gasteiger partial charge >= 0.3 is 18.0 Å². The first-order valence-corrected chi connectivity index (χ1v) is 32.3. The SMILES string of the molecule is CO/N=C1\C[C@@H](C)O[C@@H](O[C@@H]2[C@@H](C)[C@H](O[C@H]3CC(C)N(C)C[C@H](C)O3)[C@@H](C)C(=O)O[C@H]([C@@H](C)CO[C@@H]3O[C@H](C)[C@@H](O)[C@@H](OC)[C@H]3OC)[C@H](C)[C@@H](OC(=O)CC(C)C)[C@@H](C)C(=O)[C@@](C)(OC(=O)NC(C)(C)CCS(=O)(=O)c3ccc(F)cc3)C[C@@H]2C)[C@@H]1O. The minimum absolute atomic E-state index is 0.0355. The molecule has 0 aromatic heterocycles. The second kappa shape index (κ2) is 31.8. The largest absolute Gasteiger partial charge is 0.461 e. The molecule has 0 bridgehead atoms. The van der Waals surface area contributed by atoms with Crippen molar-refractivity contribution in [2.45, 2.75) is 244 Å². The maximum Gasteiger partial charge on any atom is 0.408 e. The minimum atomic E-state index is -3.96. The highest BCUT2D eigenvalue weighted by Gasteiger charge is 2.53.